The van der Waals surface area contributed by atoms with E-state index in [4.69, 9.17) is 4.42 Å². The summed E-state index contributed by atoms with van der Waals surface area (Å²) in [5.74, 6) is -2.05. The number of benzene rings is 2. The number of rotatable bonds is 4. The van der Waals surface area contributed by atoms with E-state index < -0.39 is 33.3 Å². The first-order valence-corrected chi connectivity index (χ1v) is 9.93. The second-order valence-electron chi connectivity index (χ2n) is 6.11. The molecule has 152 valence electrons. The van der Waals surface area contributed by atoms with Crippen molar-refractivity contribution in [2.75, 3.05) is 11.6 Å². The number of carbonyl (C=O) groups excluding carboxylic acids is 1. The van der Waals surface area contributed by atoms with E-state index in [2.05, 4.69) is 5.32 Å². The topological polar surface area (TPSA) is 76.4 Å². The molecule has 3 aromatic rings. The average Bonchev–Trinajstić information content (AvgIpc) is 3.12. The number of nitrogens with one attached hydrogen (secondary N) is 1. The molecule has 0 radical (unpaired) electrons. The summed E-state index contributed by atoms with van der Waals surface area (Å²) >= 11 is 0. The summed E-state index contributed by atoms with van der Waals surface area (Å²) < 4.78 is 80.9. The molecule has 0 fully saturated rings. The SMILES string of the molecule is CS(=O)(=O)c1ccc(F)c(NC(=O)c2ccc(-c3cccc(C(F)(F)F)c3)o2)c1. The summed E-state index contributed by atoms with van der Waals surface area (Å²) in [7, 11) is -3.62. The maximum atomic E-state index is 13.9. The van der Waals surface area contributed by atoms with Gasteiger partial charge in [-0.1, -0.05) is 12.1 Å². The summed E-state index contributed by atoms with van der Waals surface area (Å²) in [4.78, 5) is 12.1. The van der Waals surface area contributed by atoms with Crippen molar-refractivity contribution in [3.05, 3.63) is 71.7 Å². The van der Waals surface area contributed by atoms with Crippen LogP contribution in [0.1, 0.15) is 16.1 Å². The van der Waals surface area contributed by atoms with Gasteiger partial charge < -0.3 is 9.73 Å². The fourth-order valence-corrected chi connectivity index (χ4v) is 3.13. The summed E-state index contributed by atoms with van der Waals surface area (Å²) in [5, 5.41) is 2.19. The van der Waals surface area contributed by atoms with E-state index in [1.807, 2.05) is 0 Å². The molecule has 0 unspecified atom stereocenters. The first-order chi connectivity index (χ1) is 13.4. The predicted octanol–water partition coefficient (Wildman–Crippen LogP) is 4.76. The van der Waals surface area contributed by atoms with Gasteiger partial charge in [0.1, 0.15) is 11.6 Å². The van der Waals surface area contributed by atoms with Crippen LogP contribution in [0, 0.1) is 5.82 Å². The molecule has 0 aliphatic carbocycles. The van der Waals surface area contributed by atoms with E-state index in [0.717, 1.165) is 36.6 Å². The van der Waals surface area contributed by atoms with Gasteiger partial charge in [0, 0.05) is 11.8 Å². The Kier molecular flexibility index (Phi) is 5.22. The third-order valence-corrected chi connectivity index (χ3v) is 5.03. The number of amides is 1. The van der Waals surface area contributed by atoms with Gasteiger partial charge in [0.25, 0.3) is 5.91 Å². The summed E-state index contributed by atoms with van der Waals surface area (Å²) in [6.45, 7) is 0. The van der Waals surface area contributed by atoms with Crippen LogP contribution in [-0.2, 0) is 16.0 Å². The molecule has 0 aliphatic rings. The molecule has 29 heavy (non-hydrogen) atoms. The molecule has 5 nitrogen and oxygen atoms in total. The Morgan fingerprint density at radius 2 is 1.76 bits per heavy atom. The molecule has 1 N–H and O–H groups in total. The standard InChI is InChI=1S/C19H13F4NO4S/c1-29(26,27)13-5-6-14(20)15(10-13)24-18(25)17-8-7-16(28-17)11-3-2-4-12(9-11)19(21,22)23/h2-10H,1H3,(H,24,25). The largest absolute Gasteiger partial charge is 0.451 e. The molecule has 1 heterocycles. The maximum Gasteiger partial charge on any atom is 0.416 e. The van der Waals surface area contributed by atoms with E-state index >= 15 is 0 Å². The average molecular weight is 427 g/mol. The van der Waals surface area contributed by atoms with E-state index in [1.54, 1.807) is 0 Å². The zero-order valence-electron chi connectivity index (χ0n) is 14.7. The third-order valence-electron chi connectivity index (χ3n) is 3.92. The van der Waals surface area contributed by atoms with E-state index in [1.165, 1.54) is 24.3 Å². The number of furan rings is 1. The molecule has 0 spiro atoms. The van der Waals surface area contributed by atoms with Crippen LogP contribution in [0.15, 0.2) is 63.9 Å². The first kappa shape index (κ1) is 20.6. The second-order valence-corrected chi connectivity index (χ2v) is 8.13. The van der Waals surface area contributed by atoms with Gasteiger partial charge in [-0.2, -0.15) is 13.2 Å². The van der Waals surface area contributed by atoms with Crippen molar-refractivity contribution in [2.24, 2.45) is 0 Å². The molecule has 0 saturated carbocycles. The number of hydrogen-bond acceptors (Lipinski definition) is 4. The van der Waals surface area contributed by atoms with Crippen LogP contribution < -0.4 is 5.32 Å². The van der Waals surface area contributed by atoms with E-state index in [0.29, 0.717) is 0 Å². The molecule has 2 aromatic carbocycles. The van der Waals surface area contributed by atoms with Crippen molar-refractivity contribution in [1.82, 2.24) is 0 Å². The quantitative estimate of drug-likeness (QED) is 0.481. The lowest BCUT2D eigenvalue weighted by molar-refractivity contribution is -0.137. The van der Waals surface area contributed by atoms with Crippen LogP contribution in [0.5, 0.6) is 0 Å². The zero-order chi connectivity index (χ0) is 21.4. The van der Waals surface area contributed by atoms with E-state index in [-0.39, 0.29) is 27.7 Å². The highest BCUT2D eigenvalue weighted by molar-refractivity contribution is 7.90. The highest BCUT2D eigenvalue weighted by Crippen LogP contribution is 2.32. The molecule has 10 heteroatoms. The molecular weight excluding hydrogens is 414 g/mol. The van der Waals surface area contributed by atoms with Gasteiger partial charge in [0.2, 0.25) is 0 Å². The summed E-state index contributed by atoms with van der Waals surface area (Å²) in [5.41, 5.74) is -1.16. The van der Waals surface area contributed by atoms with Crippen LogP contribution in [0.2, 0.25) is 0 Å². The van der Waals surface area contributed by atoms with Crippen LogP contribution in [-0.4, -0.2) is 20.6 Å². The predicted molar refractivity (Wildman–Crippen MR) is 96.6 cm³/mol. The Labute approximate surface area is 162 Å². The molecule has 0 atom stereocenters. The van der Waals surface area contributed by atoms with Crippen molar-refractivity contribution in [2.45, 2.75) is 11.1 Å². The van der Waals surface area contributed by atoms with Crippen molar-refractivity contribution < 1.29 is 35.2 Å². The monoisotopic (exact) mass is 427 g/mol. The van der Waals surface area contributed by atoms with Crippen molar-refractivity contribution in [3.63, 3.8) is 0 Å². The van der Waals surface area contributed by atoms with Gasteiger partial charge in [-0.3, -0.25) is 4.79 Å². The number of anilines is 1. The Bertz CT molecular complexity index is 1180. The second kappa shape index (κ2) is 7.36. The van der Waals surface area contributed by atoms with Gasteiger partial charge in [-0.05, 0) is 42.5 Å². The lowest BCUT2D eigenvalue weighted by Gasteiger charge is -2.08. The zero-order valence-corrected chi connectivity index (χ0v) is 15.6. The van der Waals surface area contributed by atoms with Crippen LogP contribution >= 0.6 is 0 Å². The van der Waals surface area contributed by atoms with Crippen LogP contribution in [0.3, 0.4) is 0 Å². The molecule has 1 amide bonds. The lowest BCUT2D eigenvalue weighted by Crippen LogP contribution is -2.13. The van der Waals surface area contributed by atoms with Crippen molar-refractivity contribution >= 4 is 21.4 Å². The van der Waals surface area contributed by atoms with Crippen LogP contribution in [0.4, 0.5) is 23.2 Å². The van der Waals surface area contributed by atoms with Crippen LogP contribution in [0.25, 0.3) is 11.3 Å². The molecule has 3 rings (SSSR count). The Balaban J connectivity index is 1.86. The van der Waals surface area contributed by atoms with Gasteiger partial charge >= 0.3 is 6.18 Å². The van der Waals surface area contributed by atoms with Gasteiger partial charge in [-0.15, -0.1) is 0 Å². The van der Waals surface area contributed by atoms with Gasteiger partial charge in [-0.25, -0.2) is 12.8 Å². The molecule has 0 aliphatic heterocycles. The number of carbonyl (C=O) groups is 1. The number of alkyl halides is 3. The minimum absolute atomic E-state index is 0.00612. The number of halogens is 4. The van der Waals surface area contributed by atoms with Gasteiger partial charge in [0.15, 0.2) is 15.6 Å². The van der Waals surface area contributed by atoms with Crippen molar-refractivity contribution in [1.29, 1.82) is 0 Å². The first-order valence-electron chi connectivity index (χ1n) is 8.03. The molecule has 1 aromatic heterocycles. The smallest absolute Gasteiger partial charge is 0.416 e. The minimum Gasteiger partial charge on any atom is -0.451 e. The molecule has 0 bridgehead atoms. The minimum atomic E-state index is -4.54. The number of hydrogen-bond donors (Lipinski definition) is 1. The van der Waals surface area contributed by atoms with Crippen molar-refractivity contribution in [3.8, 4) is 11.3 Å². The molecular formula is C19H13F4NO4S. The van der Waals surface area contributed by atoms with E-state index in [9.17, 15) is 30.8 Å². The fourth-order valence-electron chi connectivity index (χ4n) is 2.48. The molecule has 0 saturated heterocycles. The summed E-state index contributed by atoms with van der Waals surface area (Å²) in [6.07, 6.45) is -3.61. The highest BCUT2D eigenvalue weighted by Gasteiger charge is 2.30. The highest BCUT2D eigenvalue weighted by atomic mass is 32.2. The Morgan fingerprint density at radius 1 is 1.03 bits per heavy atom. The van der Waals surface area contributed by atoms with Gasteiger partial charge in [0.05, 0.1) is 16.1 Å². The Morgan fingerprint density at radius 3 is 2.41 bits per heavy atom. The number of sulfone groups is 1. The normalized spacial score (nSPS) is 12.0. The maximum absolute atomic E-state index is 13.9. The summed E-state index contributed by atoms with van der Waals surface area (Å²) in [6, 6.07) is 9.77. The third kappa shape index (κ3) is 4.65. The Hall–Kier alpha value is -3.14. The lowest BCUT2D eigenvalue weighted by atomic mass is 10.1. The fraction of sp³-hybridized carbons (Fsp3) is 0.105.